The highest BCUT2D eigenvalue weighted by Gasteiger charge is 2.27. The SMILES string of the molecule is CCOc1ccc(S(=O)(=O)N2CCCC2)cc1F. The Balaban J connectivity index is 2.30. The third kappa shape index (κ3) is 2.49. The highest BCUT2D eigenvalue weighted by molar-refractivity contribution is 7.89. The second-order valence-electron chi connectivity index (χ2n) is 4.14. The van der Waals surface area contributed by atoms with Crippen LogP contribution in [0.2, 0.25) is 0 Å². The van der Waals surface area contributed by atoms with Crippen LogP contribution in [0.5, 0.6) is 5.75 Å². The van der Waals surface area contributed by atoms with E-state index in [-0.39, 0.29) is 10.6 Å². The average molecular weight is 273 g/mol. The van der Waals surface area contributed by atoms with Crippen LogP contribution in [0.1, 0.15) is 19.8 Å². The molecule has 0 radical (unpaired) electrons. The van der Waals surface area contributed by atoms with Gasteiger partial charge in [-0.15, -0.1) is 0 Å². The van der Waals surface area contributed by atoms with Gasteiger partial charge in [0.25, 0.3) is 0 Å². The molecule has 1 aromatic carbocycles. The summed E-state index contributed by atoms with van der Waals surface area (Å²) in [6, 6.07) is 3.78. The second-order valence-corrected chi connectivity index (χ2v) is 6.07. The van der Waals surface area contributed by atoms with E-state index in [1.54, 1.807) is 6.92 Å². The number of halogens is 1. The van der Waals surface area contributed by atoms with Gasteiger partial charge in [0.05, 0.1) is 11.5 Å². The minimum absolute atomic E-state index is 0.00893. The zero-order chi connectivity index (χ0) is 13.2. The first-order valence-corrected chi connectivity index (χ1v) is 7.42. The quantitative estimate of drug-likeness (QED) is 0.843. The molecule has 1 heterocycles. The van der Waals surface area contributed by atoms with Gasteiger partial charge < -0.3 is 4.74 Å². The van der Waals surface area contributed by atoms with Crippen molar-refractivity contribution in [2.24, 2.45) is 0 Å². The fourth-order valence-electron chi connectivity index (χ4n) is 1.99. The van der Waals surface area contributed by atoms with Crippen molar-refractivity contribution in [3.05, 3.63) is 24.0 Å². The second kappa shape index (κ2) is 5.24. The summed E-state index contributed by atoms with van der Waals surface area (Å²) in [4.78, 5) is -0.00893. The molecule has 0 atom stereocenters. The molecule has 18 heavy (non-hydrogen) atoms. The van der Waals surface area contributed by atoms with Crippen molar-refractivity contribution in [2.45, 2.75) is 24.7 Å². The summed E-state index contributed by atoms with van der Waals surface area (Å²) in [5, 5.41) is 0. The van der Waals surface area contributed by atoms with Crippen LogP contribution in [0.4, 0.5) is 4.39 Å². The molecular formula is C12H16FNO3S. The van der Waals surface area contributed by atoms with Gasteiger partial charge in [0, 0.05) is 13.1 Å². The summed E-state index contributed by atoms with van der Waals surface area (Å²) in [7, 11) is -3.56. The molecule has 0 unspecified atom stereocenters. The summed E-state index contributed by atoms with van der Waals surface area (Å²) in [5.41, 5.74) is 0. The third-order valence-electron chi connectivity index (χ3n) is 2.91. The van der Waals surface area contributed by atoms with E-state index in [0.29, 0.717) is 19.7 Å². The van der Waals surface area contributed by atoms with Crippen LogP contribution in [0, 0.1) is 5.82 Å². The van der Waals surface area contributed by atoms with Crippen molar-refractivity contribution in [3.63, 3.8) is 0 Å². The van der Waals surface area contributed by atoms with Crippen molar-refractivity contribution < 1.29 is 17.5 Å². The van der Waals surface area contributed by atoms with Gasteiger partial charge in [0.15, 0.2) is 11.6 Å². The lowest BCUT2D eigenvalue weighted by Crippen LogP contribution is -2.27. The lowest BCUT2D eigenvalue weighted by Gasteiger charge is -2.16. The Bertz CT molecular complexity index is 524. The third-order valence-corrected chi connectivity index (χ3v) is 4.80. The number of hydrogen-bond acceptors (Lipinski definition) is 3. The van der Waals surface area contributed by atoms with Crippen LogP contribution in [0.25, 0.3) is 0 Å². The molecule has 0 amide bonds. The van der Waals surface area contributed by atoms with Gasteiger partial charge in [-0.25, -0.2) is 12.8 Å². The summed E-state index contributed by atoms with van der Waals surface area (Å²) in [6.45, 7) is 3.11. The minimum atomic E-state index is -3.56. The Morgan fingerprint density at radius 2 is 2.00 bits per heavy atom. The van der Waals surface area contributed by atoms with Crippen molar-refractivity contribution in [1.29, 1.82) is 0 Å². The van der Waals surface area contributed by atoms with Crippen LogP contribution < -0.4 is 4.74 Å². The van der Waals surface area contributed by atoms with Gasteiger partial charge in [0.2, 0.25) is 10.0 Å². The van der Waals surface area contributed by atoms with E-state index in [1.807, 2.05) is 0 Å². The Hall–Kier alpha value is -1.14. The van der Waals surface area contributed by atoms with Gasteiger partial charge >= 0.3 is 0 Å². The van der Waals surface area contributed by atoms with Gasteiger partial charge in [-0.2, -0.15) is 4.31 Å². The van der Waals surface area contributed by atoms with Crippen molar-refractivity contribution in [1.82, 2.24) is 4.31 Å². The molecule has 0 aliphatic carbocycles. The number of ether oxygens (including phenoxy) is 1. The molecule has 0 spiro atoms. The molecule has 1 saturated heterocycles. The molecule has 2 rings (SSSR count). The molecular weight excluding hydrogens is 257 g/mol. The lowest BCUT2D eigenvalue weighted by atomic mass is 10.3. The fraction of sp³-hybridized carbons (Fsp3) is 0.500. The number of benzene rings is 1. The van der Waals surface area contributed by atoms with E-state index in [2.05, 4.69) is 0 Å². The number of rotatable bonds is 4. The molecule has 100 valence electrons. The maximum Gasteiger partial charge on any atom is 0.243 e. The smallest absolute Gasteiger partial charge is 0.243 e. The van der Waals surface area contributed by atoms with E-state index >= 15 is 0 Å². The zero-order valence-corrected chi connectivity index (χ0v) is 11.0. The largest absolute Gasteiger partial charge is 0.491 e. The first-order valence-electron chi connectivity index (χ1n) is 5.98. The lowest BCUT2D eigenvalue weighted by molar-refractivity contribution is 0.321. The highest BCUT2D eigenvalue weighted by Crippen LogP contribution is 2.25. The van der Waals surface area contributed by atoms with E-state index < -0.39 is 15.8 Å². The van der Waals surface area contributed by atoms with Gasteiger partial charge in [-0.05, 0) is 38.0 Å². The van der Waals surface area contributed by atoms with Crippen LogP contribution in [0.3, 0.4) is 0 Å². The molecule has 0 saturated carbocycles. The van der Waals surface area contributed by atoms with E-state index in [9.17, 15) is 12.8 Å². The molecule has 1 fully saturated rings. The maximum atomic E-state index is 13.6. The summed E-state index contributed by atoms with van der Waals surface area (Å²) >= 11 is 0. The number of hydrogen-bond donors (Lipinski definition) is 0. The van der Waals surface area contributed by atoms with Crippen molar-refractivity contribution >= 4 is 10.0 Å². The van der Waals surface area contributed by atoms with E-state index in [4.69, 9.17) is 4.74 Å². The molecule has 1 aromatic rings. The molecule has 4 nitrogen and oxygen atoms in total. The predicted octanol–water partition coefficient (Wildman–Crippen LogP) is 2.01. The van der Waals surface area contributed by atoms with Crippen LogP contribution in [-0.4, -0.2) is 32.4 Å². The average Bonchev–Trinajstić information content (AvgIpc) is 2.86. The van der Waals surface area contributed by atoms with Crippen molar-refractivity contribution in [3.8, 4) is 5.75 Å². The van der Waals surface area contributed by atoms with Gasteiger partial charge in [-0.1, -0.05) is 0 Å². The van der Waals surface area contributed by atoms with Crippen LogP contribution in [0.15, 0.2) is 23.1 Å². The standard InChI is InChI=1S/C12H16FNO3S/c1-2-17-12-6-5-10(9-11(12)13)18(15,16)14-7-3-4-8-14/h5-6,9H,2-4,7-8H2,1H3. The van der Waals surface area contributed by atoms with E-state index in [0.717, 1.165) is 18.9 Å². The Morgan fingerprint density at radius 1 is 1.33 bits per heavy atom. The summed E-state index contributed by atoms with van der Waals surface area (Å²) in [5.74, 6) is -0.560. The number of nitrogens with zero attached hydrogens (tertiary/aromatic N) is 1. The predicted molar refractivity (Wildman–Crippen MR) is 65.6 cm³/mol. The summed E-state index contributed by atoms with van der Waals surface area (Å²) in [6.07, 6.45) is 1.72. The first kappa shape index (κ1) is 13.3. The Kier molecular flexibility index (Phi) is 3.87. The normalized spacial score (nSPS) is 17.0. The number of sulfonamides is 1. The van der Waals surface area contributed by atoms with Gasteiger partial charge in [-0.3, -0.25) is 0 Å². The van der Waals surface area contributed by atoms with Crippen molar-refractivity contribution in [2.75, 3.05) is 19.7 Å². The topological polar surface area (TPSA) is 46.6 Å². The monoisotopic (exact) mass is 273 g/mol. The molecule has 0 N–H and O–H groups in total. The van der Waals surface area contributed by atoms with Crippen LogP contribution in [-0.2, 0) is 10.0 Å². The maximum absolute atomic E-state index is 13.6. The molecule has 1 aliphatic heterocycles. The Morgan fingerprint density at radius 3 is 2.56 bits per heavy atom. The van der Waals surface area contributed by atoms with Gasteiger partial charge in [0.1, 0.15) is 0 Å². The summed E-state index contributed by atoms with van der Waals surface area (Å²) < 4.78 is 44.4. The Labute approximate surface area is 106 Å². The molecule has 0 aromatic heterocycles. The molecule has 1 aliphatic rings. The molecule has 6 heteroatoms. The van der Waals surface area contributed by atoms with Crippen LogP contribution >= 0.6 is 0 Å². The highest BCUT2D eigenvalue weighted by atomic mass is 32.2. The minimum Gasteiger partial charge on any atom is -0.491 e. The molecule has 0 bridgehead atoms. The zero-order valence-electron chi connectivity index (χ0n) is 10.2. The fourth-order valence-corrected chi connectivity index (χ4v) is 3.52. The first-order chi connectivity index (χ1) is 8.55. The van der Waals surface area contributed by atoms with E-state index in [1.165, 1.54) is 16.4 Å².